The van der Waals surface area contributed by atoms with Crippen LogP contribution in [0.25, 0.3) is 0 Å². The van der Waals surface area contributed by atoms with Crippen molar-refractivity contribution in [1.29, 1.82) is 0 Å². The van der Waals surface area contributed by atoms with E-state index in [1.807, 2.05) is 0 Å². The van der Waals surface area contributed by atoms with Crippen molar-refractivity contribution in [3.63, 3.8) is 0 Å². The summed E-state index contributed by atoms with van der Waals surface area (Å²) in [6, 6.07) is 8.74. The zero-order valence-corrected chi connectivity index (χ0v) is 10.2. The van der Waals surface area contributed by atoms with Gasteiger partial charge in [-0.25, -0.2) is 4.21 Å². The molecule has 0 bridgehead atoms. The molecule has 2 rings (SSSR count). The highest BCUT2D eigenvalue weighted by Gasteiger charge is 2.07. The lowest BCUT2D eigenvalue weighted by atomic mass is 10.1. The first-order valence-electron chi connectivity index (χ1n) is 5.58. The molecule has 1 aromatic rings. The van der Waals surface area contributed by atoms with Crippen molar-refractivity contribution < 1.29 is 8.76 Å². The maximum Gasteiger partial charge on any atom is 0.152 e. The molecule has 3 nitrogen and oxygen atoms in total. The van der Waals surface area contributed by atoms with Gasteiger partial charge >= 0.3 is 0 Å². The van der Waals surface area contributed by atoms with Gasteiger partial charge in [0.15, 0.2) is 11.1 Å². The lowest BCUT2D eigenvalue weighted by Gasteiger charge is -1.93. The first-order valence-corrected chi connectivity index (χ1v) is 6.86. The number of rotatable bonds is 3. The Morgan fingerprint density at radius 2 is 1.81 bits per heavy atom. The zero-order chi connectivity index (χ0) is 11.8. The van der Waals surface area contributed by atoms with E-state index in [9.17, 15) is 4.21 Å². The second kappa shape index (κ2) is 7.54. The molecule has 1 unspecified atom stereocenters. The molecule has 16 heavy (non-hydrogen) atoms. The summed E-state index contributed by atoms with van der Waals surface area (Å²) in [5.74, 6) is 0.302. The molecule has 0 radical (unpaired) electrons. The van der Waals surface area contributed by atoms with Gasteiger partial charge < -0.3 is 10.3 Å². The molecule has 0 fully saturated rings. The molecule has 0 aromatic heterocycles. The third kappa shape index (κ3) is 4.88. The molecule has 0 aliphatic heterocycles. The summed E-state index contributed by atoms with van der Waals surface area (Å²) in [5.41, 5.74) is 8.17. The van der Waals surface area contributed by atoms with E-state index in [4.69, 9.17) is 10.3 Å². The van der Waals surface area contributed by atoms with Gasteiger partial charge in [-0.3, -0.25) is 0 Å². The van der Waals surface area contributed by atoms with E-state index in [-0.39, 0.29) is 0 Å². The standard InChI is InChI=1S/C9H10.C3H9NO2S/c1-2-5-9-7-3-6-8(9)4-1;4-2-1-3-7(5)6/h1-2,4-5H,3,6-7H2;1-4H2,(H,5,6). The Kier molecular flexibility index (Phi) is 6.30. The molecule has 4 heteroatoms. The Bertz CT molecular complexity index is 319. The molecule has 1 atom stereocenters. The number of fused-ring (bicyclic) bond motifs is 1. The quantitative estimate of drug-likeness (QED) is 0.792. The Labute approximate surface area is 99.3 Å². The van der Waals surface area contributed by atoms with E-state index in [2.05, 4.69) is 24.3 Å². The third-order valence-corrected chi connectivity index (χ3v) is 3.17. The Morgan fingerprint density at radius 3 is 2.19 bits per heavy atom. The minimum absolute atomic E-state index is 0.302. The van der Waals surface area contributed by atoms with Crippen LogP contribution in [0.4, 0.5) is 0 Å². The van der Waals surface area contributed by atoms with Crippen LogP contribution >= 0.6 is 0 Å². The van der Waals surface area contributed by atoms with Gasteiger partial charge in [-0.2, -0.15) is 0 Å². The normalized spacial score (nSPS) is 14.9. The summed E-state index contributed by atoms with van der Waals surface area (Å²) in [6.07, 6.45) is 4.59. The van der Waals surface area contributed by atoms with Crippen LogP contribution in [0, 0.1) is 0 Å². The van der Waals surface area contributed by atoms with E-state index < -0.39 is 11.1 Å². The van der Waals surface area contributed by atoms with Crippen LogP contribution in [-0.2, 0) is 23.9 Å². The van der Waals surface area contributed by atoms with Crippen molar-refractivity contribution in [3.8, 4) is 0 Å². The lowest BCUT2D eigenvalue weighted by molar-refractivity contribution is 0.562. The zero-order valence-electron chi connectivity index (χ0n) is 9.39. The van der Waals surface area contributed by atoms with Crippen molar-refractivity contribution in [2.45, 2.75) is 25.7 Å². The molecular formula is C12H19NO2S. The van der Waals surface area contributed by atoms with E-state index >= 15 is 0 Å². The average molecular weight is 241 g/mol. The van der Waals surface area contributed by atoms with Crippen LogP contribution in [0.1, 0.15) is 24.0 Å². The predicted octanol–water partition coefficient (Wildman–Crippen LogP) is 1.73. The second-order valence-corrected chi connectivity index (χ2v) is 4.84. The average Bonchev–Trinajstić information content (AvgIpc) is 2.75. The van der Waals surface area contributed by atoms with Crippen LogP contribution in [0.15, 0.2) is 24.3 Å². The van der Waals surface area contributed by atoms with Crippen LogP contribution in [0.3, 0.4) is 0 Å². The van der Waals surface area contributed by atoms with Gasteiger partial charge in [0, 0.05) is 0 Å². The van der Waals surface area contributed by atoms with Crippen molar-refractivity contribution in [3.05, 3.63) is 35.4 Å². The first kappa shape index (κ1) is 13.4. The number of nitrogens with two attached hydrogens (primary N) is 1. The third-order valence-electron chi connectivity index (χ3n) is 2.53. The molecule has 0 saturated heterocycles. The molecule has 1 aromatic carbocycles. The molecule has 0 heterocycles. The fourth-order valence-corrected chi connectivity index (χ4v) is 2.13. The van der Waals surface area contributed by atoms with Gasteiger partial charge in [0.05, 0.1) is 5.75 Å². The van der Waals surface area contributed by atoms with Gasteiger partial charge in [0.25, 0.3) is 0 Å². The fraction of sp³-hybridized carbons (Fsp3) is 0.500. The van der Waals surface area contributed by atoms with E-state index in [1.165, 1.54) is 19.3 Å². The minimum atomic E-state index is -1.65. The smallest absolute Gasteiger partial charge is 0.152 e. The topological polar surface area (TPSA) is 63.3 Å². The molecule has 0 saturated carbocycles. The van der Waals surface area contributed by atoms with Crippen LogP contribution in [0.2, 0.25) is 0 Å². The predicted molar refractivity (Wildman–Crippen MR) is 67.8 cm³/mol. The fourth-order valence-electron chi connectivity index (χ4n) is 1.72. The molecule has 0 spiro atoms. The Balaban J connectivity index is 0.000000168. The highest BCUT2D eigenvalue weighted by atomic mass is 32.2. The number of hydrogen-bond donors (Lipinski definition) is 2. The van der Waals surface area contributed by atoms with Gasteiger partial charge in [0.2, 0.25) is 0 Å². The van der Waals surface area contributed by atoms with Gasteiger partial charge in [-0.05, 0) is 43.4 Å². The highest BCUT2D eigenvalue weighted by molar-refractivity contribution is 7.79. The van der Waals surface area contributed by atoms with Crippen molar-refractivity contribution in [2.75, 3.05) is 12.3 Å². The summed E-state index contributed by atoms with van der Waals surface area (Å²) in [6.45, 7) is 0.492. The van der Waals surface area contributed by atoms with Gasteiger partial charge in [-0.15, -0.1) is 0 Å². The first-order chi connectivity index (χ1) is 7.74. The number of benzene rings is 1. The maximum atomic E-state index is 9.81. The van der Waals surface area contributed by atoms with E-state index in [1.54, 1.807) is 11.1 Å². The van der Waals surface area contributed by atoms with E-state index in [0.717, 1.165) is 0 Å². The summed E-state index contributed by atoms with van der Waals surface area (Å²) < 4.78 is 17.9. The second-order valence-electron chi connectivity index (χ2n) is 3.79. The molecule has 90 valence electrons. The van der Waals surface area contributed by atoms with Crippen molar-refractivity contribution in [1.82, 2.24) is 0 Å². The number of aryl methyl sites for hydroxylation is 2. The molecule has 0 amide bonds. The van der Waals surface area contributed by atoms with Gasteiger partial charge in [-0.1, -0.05) is 24.3 Å². The maximum absolute atomic E-state index is 9.81. The molecular weight excluding hydrogens is 222 g/mol. The van der Waals surface area contributed by atoms with E-state index in [0.29, 0.717) is 18.7 Å². The lowest BCUT2D eigenvalue weighted by Crippen LogP contribution is -2.04. The monoisotopic (exact) mass is 241 g/mol. The molecule has 1 aliphatic carbocycles. The molecule has 3 N–H and O–H groups in total. The van der Waals surface area contributed by atoms with Crippen LogP contribution in [-0.4, -0.2) is 21.1 Å². The summed E-state index contributed by atoms with van der Waals surface area (Å²) >= 11 is -1.65. The Hall–Kier alpha value is -0.710. The largest absolute Gasteiger partial charge is 0.330 e. The summed E-state index contributed by atoms with van der Waals surface area (Å²) in [7, 11) is 0. The van der Waals surface area contributed by atoms with Crippen molar-refractivity contribution in [2.24, 2.45) is 5.73 Å². The van der Waals surface area contributed by atoms with Crippen molar-refractivity contribution >= 4 is 11.1 Å². The Morgan fingerprint density at radius 1 is 1.25 bits per heavy atom. The molecule has 1 aliphatic rings. The van der Waals surface area contributed by atoms with Crippen LogP contribution < -0.4 is 5.73 Å². The highest BCUT2D eigenvalue weighted by Crippen LogP contribution is 2.20. The summed E-state index contributed by atoms with van der Waals surface area (Å²) in [5, 5.41) is 0. The van der Waals surface area contributed by atoms with Crippen LogP contribution in [0.5, 0.6) is 0 Å². The number of hydrogen-bond acceptors (Lipinski definition) is 2. The van der Waals surface area contributed by atoms with Gasteiger partial charge in [0.1, 0.15) is 0 Å². The minimum Gasteiger partial charge on any atom is -0.330 e. The SMILES string of the molecule is NCCCS(=O)O.c1ccc2c(c1)CCC2. The summed E-state index contributed by atoms with van der Waals surface area (Å²) in [4.78, 5) is 0.